The van der Waals surface area contributed by atoms with Crippen molar-refractivity contribution in [2.75, 3.05) is 7.11 Å². The molecule has 4 aromatic rings. The Kier molecular flexibility index (Phi) is 3.90. The predicted octanol–water partition coefficient (Wildman–Crippen LogP) is 5.49. The van der Waals surface area contributed by atoms with Crippen LogP contribution >= 0.6 is 11.6 Å². The lowest BCUT2D eigenvalue weighted by atomic mass is 10.0. The summed E-state index contributed by atoms with van der Waals surface area (Å²) >= 11 is 5.88. The van der Waals surface area contributed by atoms with Crippen molar-refractivity contribution in [1.82, 2.24) is 9.55 Å². The fraction of sp³-hybridized carbons (Fsp3) is 0.0500. The van der Waals surface area contributed by atoms with E-state index in [4.69, 9.17) is 16.3 Å². The Morgan fingerprint density at radius 1 is 1.00 bits per heavy atom. The van der Waals surface area contributed by atoms with E-state index in [1.807, 2.05) is 47.0 Å². The summed E-state index contributed by atoms with van der Waals surface area (Å²) < 4.78 is 21.9. The normalized spacial score (nSPS) is 11.0. The predicted molar refractivity (Wildman–Crippen MR) is 98.0 cm³/mol. The van der Waals surface area contributed by atoms with Crippen molar-refractivity contribution >= 4 is 22.6 Å². The van der Waals surface area contributed by atoms with Gasteiger partial charge in [0.15, 0.2) is 0 Å². The minimum atomic E-state index is -0.393. The van der Waals surface area contributed by atoms with Gasteiger partial charge in [0.05, 0.1) is 18.1 Å². The third kappa shape index (κ3) is 2.75. The zero-order chi connectivity index (χ0) is 17.4. The summed E-state index contributed by atoms with van der Waals surface area (Å²) in [5.74, 6) is 0.169. The van der Waals surface area contributed by atoms with Gasteiger partial charge in [-0.25, -0.2) is 9.37 Å². The first-order valence-corrected chi connectivity index (χ1v) is 8.11. The number of halogens is 2. The summed E-state index contributed by atoms with van der Waals surface area (Å²) in [6.45, 7) is 0. The van der Waals surface area contributed by atoms with Gasteiger partial charge in [0.25, 0.3) is 0 Å². The number of methoxy groups -OCH3 is 1. The number of nitrogens with zero attached hydrogens (tertiary/aromatic N) is 2. The molecule has 124 valence electrons. The SMILES string of the molecule is COc1cc2ncn(-c3ccccc3)c2cc1-c1ccc(Cl)cc1F. The molecule has 3 nitrogen and oxygen atoms in total. The first kappa shape index (κ1) is 15.7. The van der Waals surface area contributed by atoms with Crippen molar-refractivity contribution in [2.45, 2.75) is 0 Å². The fourth-order valence-corrected chi connectivity index (χ4v) is 3.08. The van der Waals surface area contributed by atoms with Gasteiger partial charge in [-0.05, 0) is 36.4 Å². The van der Waals surface area contributed by atoms with E-state index in [2.05, 4.69) is 4.98 Å². The standard InChI is InChI=1S/C20H14ClFN2O/c1-25-20-11-18-19(24(12-23-18)14-5-3-2-4-6-14)10-16(20)15-8-7-13(21)9-17(15)22/h2-12H,1H3. The molecular weight excluding hydrogens is 339 g/mol. The molecule has 25 heavy (non-hydrogen) atoms. The third-order valence-corrected chi connectivity index (χ3v) is 4.36. The lowest BCUT2D eigenvalue weighted by Gasteiger charge is -2.11. The van der Waals surface area contributed by atoms with E-state index in [0.29, 0.717) is 21.9 Å². The van der Waals surface area contributed by atoms with Crippen LogP contribution in [-0.4, -0.2) is 16.7 Å². The second-order valence-corrected chi connectivity index (χ2v) is 6.05. The van der Waals surface area contributed by atoms with Gasteiger partial charge in [-0.15, -0.1) is 0 Å². The van der Waals surface area contributed by atoms with Crippen molar-refractivity contribution in [3.63, 3.8) is 0 Å². The molecule has 0 radical (unpaired) electrons. The maximum absolute atomic E-state index is 14.4. The van der Waals surface area contributed by atoms with Crippen LogP contribution in [0, 0.1) is 5.82 Å². The Balaban J connectivity index is 1.97. The van der Waals surface area contributed by atoms with Crippen LogP contribution in [0.25, 0.3) is 27.8 Å². The van der Waals surface area contributed by atoms with Crippen molar-refractivity contribution < 1.29 is 9.13 Å². The number of hydrogen-bond donors (Lipinski definition) is 0. The quantitative estimate of drug-likeness (QED) is 0.487. The van der Waals surface area contributed by atoms with E-state index >= 15 is 0 Å². The summed E-state index contributed by atoms with van der Waals surface area (Å²) in [7, 11) is 1.56. The van der Waals surface area contributed by atoms with Gasteiger partial charge in [-0.1, -0.05) is 29.8 Å². The highest BCUT2D eigenvalue weighted by Gasteiger charge is 2.15. The average molecular weight is 353 g/mol. The van der Waals surface area contributed by atoms with Gasteiger partial charge in [0.1, 0.15) is 17.9 Å². The van der Waals surface area contributed by atoms with E-state index in [-0.39, 0.29) is 0 Å². The number of para-hydroxylation sites is 1. The lowest BCUT2D eigenvalue weighted by Crippen LogP contribution is -1.94. The second kappa shape index (κ2) is 6.22. The number of fused-ring (bicyclic) bond motifs is 1. The Bertz CT molecular complexity index is 1060. The average Bonchev–Trinajstić information content (AvgIpc) is 3.04. The topological polar surface area (TPSA) is 27.1 Å². The molecule has 0 bridgehead atoms. The monoisotopic (exact) mass is 352 g/mol. The molecule has 0 unspecified atom stereocenters. The minimum absolute atomic E-state index is 0.357. The summed E-state index contributed by atoms with van der Waals surface area (Å²) in [5, 5.41) is 0.357. The van der Waals surface area contributed by atoms with Crippen LogP contribution in [0.4, 0.5) is 4.39 Å². The molecule has 1 heterocycles. The molecule has 0 saturated carbocycles. The first-order chi connectivity index (χ1) is 12.2. The van der Waals surface area contributed by atoms with Crippen LogP contribution < -0.4 is 4.74 Å². The van der Waals surface area contributed by atoms with Gasteiger partial charge in [0, 0.05) is 27.9 Å². The lowest BCUT2D eigenvalue weighted by molar-refractivity contribution is 0.416. The third-order valence-electron chi connectivity index (χ3n) is 4.12. The van der Waals surface area contributed by atoms with Crippen LogP contribution in [0.2, 0.25) is 5.02 Å². The van der Waals surface area contributed by atoms with Crippen LogP contribution in [0.1, 0.15) is 0 Å². The smallest absolute Gasteiger partial charge is 0.132 e. The largest absolute Gasteiger partial charge is 0.496 e. The molecule has 0 amide bonds. The number of aromatic nitrogens is 2. The summed E-state index contributed by atoms with van der Waals surface area (Å²) in [6, 6.07) is 18.2. The first-order valence-electron chi connectivity index (χ1n) is 7.73. The number of hydrogen-bond acceptors (Lipinski definition) is 2. The van der Waals surface area contributed by atoms with E-state index in [9.17, 15) is 4.39 Å². The molecule has 0 aliphatic rings. The van der Waals surface area contributed by atoms with Crippen molar-refractivity contribution in [3.8, 4) is 22.6 Å². The molecule has 0 atom stereocenters. The molecule has 0 saturated heterocycles. The molecule has 1 aromatic heterocycles. The molecule has 0 spiro atoms. The zero-order valence-corrected chi connectivity index (χ0v) is 14.2. The number of imidazole rings is 1. The van der Waals surface area contributed by atoms with Gasteiger partial charge < -0.3 is 4.74 Å². The van der Waals surface area contributed by atoms with E-state index in [0.717, 1.165) is 16.7 Å². The molecule has 0 aliphatic heterocycles. The highest BCUT2D eigenvalue weighted by molar-refractivity contribution is 6.30. The summed E-state index contributed by atoms with van der Waals surface area (Å²) in [5.41, 5.74) is 3.72. The Morgan fingerprint density at radius 3 is 2.52 bits per heavy atom. The second-order valence-electron chi connectivity index (χ2n) is 5.62. The highest BCUT2D eigenvalue weighted by atomic mass is 35.5. The maximum Gasteiger partial charge on any atom is 0.132 e. The van der Waals surface area contributed by atoms with Crippen LogP contribution in [0.3, 0.4) is 0 Å². The molecule has 5 heteroatoms. The maximum atomic E-state index is 14.4. The van der Waals surface area contributed by atoms with E-state index in [1.54, 1.807) is 25.6 Å². The summed E-state index contributed by atoms with van der Waals surface area (Å²) in [6.07, 6.45) is 1.75. The summed E-state index contributed by atoms with van der Waals surface area (Å²) in [4.78, 5) is 4.44. The van der Waals surface area contributed by atoms with Crippen molar-refractivity contribution in [1.29, 1.82) is 0 Å². The van der Waals surface area contributed by atoms with Crippen molar-refractivity contribution in [3.05, 3.63) is 77.8 Å². The molecule has 0 fully saturated rings. The van der Waals surface area contributed by atoms with Crippen molar-refractivity contribution in [2.24, 2.45) is 0 Å². The van der Waals surface area contributed by atoms with Gasteiger partial charge in [0.2, 0.25) is 0 Å². The zero-order valence-electron chi connectivity index (χ0n) is 13.4. The number of ether oxygens (including phenoxy) is 1. The van der Waals surface area contributed by atoms with E-state index < -0.39 is 5.82 Å². The Morgan fingerprint density at radius 2 is 1.80 bits per heavy atom. The molecule has 0 N–H and O–H groups in total. The van der Waals surface area contributed by atoms with Crippen LogP contribution in [-0.2, 0) is 0 Å². The molecule has 0 aliphatic carbocycles. The minimum Gasteiger partial charge on any atom is -0.496 e. The van der Waals surface area contributed by atoms with Gasteiger partial charge in [-0.3, -0.25) is 4.57 Å². The van der Waals surface area contributed by atoms with Gasteiger partial charge in [-0.2, -0.15) is 0 Å². The van der Waals surface area contributed by atoms with Crippen LogP contribution in [0.15, 0.2) is 67.0 Å². The highest BCUT2D eigenvalue weighted by Crippen LogP contribution is 2.36. The van der Waals surface area contributed by atoms with E-state index in [1.165, 1.54) is 6.07 Å². The number of benzene rings is 3. The molecular formula is C20H14ClFN2O. The Labute approximate surface area is 149 Å². The van der Waals surface area contributed by atoms with Gasteiger partial charge >= 0.3 is 0 Å². The molecule has 4 rings (SSSR count). The van der Waals surface area contributed by atoms with Crippen LogP contribution in [0.5, 0.6) is 5.75 Å². The Hall–Kier alpha value is -2.85. The fourth-order valence-electron chi connectivity index (χ4n) is 2.92. The molecule has 3 aromatic carbocycles. The number of rotatable bonds is 3.